The maximum Gasteiger partial charge on any atom is 0.394 e. The van der Waals surface area contributed by atoms with E-state index in [2.05, 4.69) is 34.7 Å². The number of benzene rings is 1. The van der Waals surface area contributed by atoms with Gasteiger partial charge in [-0.2, -0.15) is 8.42 Å². The third kappa shape index (κ3) is 7.55. The van der Waals surface area contributed by atoms with Gasteiger partial charge in [0.2, 0.25) is 11.8 Å². The summed E-state index contributed by atoms with van der Waals surface area (Å²) in [5, 5.41) is 5.84. The highest BCUT2D eigenvalue weighted by Crippen LogP contribution is 2.28. The molecule has 2 amide bonds. The Hall–Kier alpha value is -2.01. The second-order valence-corrected chi connectivity index (χ2v) is 8.02. The minimum Gasteiger partial charge on any atom is -0.374 e. The predicted octanol–water partition coefficient (Wildman–Crippen LogP) is 0.990. The van der Waals surface area contributed by atoms with Gasteiger partial charge < -0.3 is 10.2 Å². The van der Waals surface area contributed by atoms with E-state index >= 15 is 0 Å². The van der Waals surface area contributed by atoms with E-state index < -0.39 is 10.4 Å². The number of imide groups is 1. The Morgan fingerprint density at radius 3 is 2.39 bits per heavy atom. The van der Waals surface area contributed by atoms with Crippen LogP contribution in [0.2, 0.25) is 0 Å². The van der Waals surface area contributed by atoms with Crippen LogP contribution in [0.15, 0.2) is 24.3 Å². The minimum atomic E-state index is -4.67. The molecule has 9 nitrogen and oxygen atoms in total. The predicted molar refractivity (Wildman–Crippen MR) is 105 cm³/mol. The second kappa shape index (κ2) is 9.97. The van der Waals surface area contributed by atoms with Crippen LogP contribution in [0.5, 0.6) is 0 Å². The summed E-state index contributed by atoms with van der Waals surface area (Å²) in [5.74, 6) is 0.185. The van der Waals surface area contributed by atoms with Gasteiger partial charge in [-0.15, -0.1) is 0 Å². The number of carbonyl (C=O) groups excluding carboxylic acids is 2. The van der Waals surface area contributed by atoms with E-state index in [1.165, 1.54) is 12.8 Å². The van der Waals surface area contributed by atoms with Crippen molar-refractivity contribution in [1.29, 1.82) is 0 Å². The highest BCUT2D eigenvalue weighted by molar-refractivity contribution is 7.79. The molecule has 2 saturated heterocycles. The largest absolute Gasteiger partial charge is 0.394 e. The topological polar surface area (TPSA) is 136 Å². The molecule has 3 rings (SSSR count). The van der Waals surface area contributed by atoms with Gasteiger partial charge in [-0.1, -0.05) is 12.1 Å². The lowest BCUT2D eigenvalue weighted by atomic mass is 9.90. The molecule has 0 bridgehead atoms. The van der Waals surface area contributed by atoms with Gasteiger partial charge in [-0.25, -0.2) is 0 Å². The lowest BCUT2D eigenvalue weighted by molar-refractivity contribution is -0.134. The summed E-state index contributed by atoms with van der Waals surface area (Å²) in [6, 6.07) is 8.19. The molecule has 0 spiro atoms. The number of carbonyl (C=O) groups is 2. The number of piperidine rings is 2. The van der Waals surface area contributed by atoms with Crippen molar-refractivity contribution in [1.82, 2.24) is 10.6 Å². The van der Waals surface area contributed by atoms with Crippen molar-refractivity contribution in [2.45, 2.75) is 31.6 Å². The van der Waals surface area contributed by atoms with Crippen LogP contribution in [0.25, 0.3) is 0 Å². The van der Waals surface area contributed by atoms with E-state index in [0.717, 1.165) is 36.8 Å². The molecule has 2 aliphatic rings. The quantitative estimate of drug-likeness (QED) is 0.424. The first kappa shape index (κ1) is 22.3. The molecule has 4 N–H and O–H groups in total. The number of hydrogen-bond acceptors (Lipinski definition) is 6. The van der Waals surface area contributed by atoms with Crippen molar-refractivity contribution >= 4 is 27.9 Å². The van der Waals surface area contributed by atoms with E-state index in [-0.39, 0.29) is 17.7 Å². The molecule has 1 atom stereocenters. The van der Waals surface area contributed by atoms with Crippen LogP contribution in [-0.4, -0.2) is 56.0 Å². The second-order valence-electron chi connectivity index (χ2n) is 7.12. The molecule has 1 unspecified atom stereocenters. The molecule has 1 aromatic carbocycles. The van der Waals surface area contributed by atoms with Crippen molar-refractivity contribution in [3.05, 3.63) is 29.8 Å². The molecule has 0 aliphatic carbocycles. The zero-order valence-corrected chi connectivity index (χ0v) is 16.6. The monoisotopic (exact) mass is 413 g/mol. The summed E-state index contributed by atoms with van der Waals surface area (Å²) >= 11 is 0. The summed E-state index contributed by atoms with van der Waals surface area (Å²) in [6.07, 6.45) is 3.46. The Morgan fingerprint density at radius 2 is 1.79 bits per heavy atom. The van der Waals surface area contributed by atoms with Crippen LogP contribution in [0.3, 0.4) is 0 Å². The fraction of sp³-hybridized carbons (Fsp3) is 0.556. The van der Waals surface area contributed by atoms with Crippen molar-refractivity contribution < 1.29 is 27.1 Å². The highest BCUT2D eigenvalue weighted by atomic mass is 32.3. The van der Waals surface area contributed by atoms with E-state index in [0.29, 0.717) is 12.8 Å². The maximum absolute atomic E-state index is 12.1. The smallest absolute Gasteiger partial charge is 0.374 e. The zero-order chi connectivity index (χ0) is 20.7. The third-order valence-electron chi connectivity index (χ3n) is 4.94. The van der Waals surface area contributed by atoms with Crippen molar-refractivity contribution in [3.8, 4) is 0 Å². The fourth-order valence-electron chi connectivity index (χ4n) is 3.55. The summed E-state index contributed by atoms with van der Waals surface area (Å²) < 4.78 is 31.6. The van der Waals surface area contributed by atoms with Crippen molar-refractivity contribution in [2.75, 3.05) is 31.6 Å². The molecule has 2 fully saturated rings. The van der Waals surface area contributed by atoms with Crippen LogP contribution < -0.4 is 15.5 Å². The summed E-state index contributed by atoms with van der Waals surface area (Å²) in [6.45, 7) is 3.25. The van der Waals surface area contributed by atoms with Gasteiger partial charge in [0, 0.05) is 25.7 Å². The number of rotatable bonds is 4. The van der Waals surface area contributed by atoms with Crippen LogP contribution in [0.4, 0.5) is 5.69 Å². The van der Waals surface area contributed by atoms with Gasteiger partial charge in [0.15, 0.2) is 0 Å². The van der Waals surface area contributed by atoms with Gasteiger partial charge in [-0.05, 0) is 56.0 Å². The Balaban J connectivity index is 0.000000500. The summed E-state index contributed by atoms with van der Waals surface area (Å²) in [7, 11) is -2.55. The Bertz CT molecular complexity index is 784. The van der Waals surface area contributed by atoms with Crippen LogP contribution >= 0.6 is 0 Å². The lowest BCUT2D eigenvalue weighted by Gasteiger charge is -2.29. The van der Waals surface area contributed by atoms with Gasteiger partial charge in [0.05, 0.1) is 5.92 Å². The average Bonchev–Trinajstić information content (AvgIpc) is 2.61. The molecule has 10 heteroatoms. The van der Waals surface area contributed by atoms with Crippen LogP contribution in [0.1, 0.15) is 37.2 Å². The van der Waals surface area contributed by atoms with Crippen LogP contribution in [0, 0.1) is 5.92 Å². The maximum atomic E-state index is 12.1. The van der Waals surface area contributed by atoms with Gasteiger partial charge in [0.25, 0.3) is 0 Å². The fourth-order valence-corrected chi connectivity index (χ4v) is 3.55. The summed E-state index contributed by atoms with van der Waals surface area (Å²) in [4.78, 5) is 25.6. The first-order valence-corrected chi connectivity index (χ1v) is 10.6. The first-order chi connectivity index (χ1) is 13.1. The number of anilines is 1. The van der Waals surface area contributed by atoms with Crippen molar-refractivity contribution in [3.63, 3.8) is 0 Å². The molecule has 0 saturated carbocycles. The highest BCUT2D eigenvalue weighted by Gasteiger charge is 2.28. The van der Waals surface area contributed by atoms with E-state index in [1.54, 1.807) is 0 Å². The number of amides is 2. The Kier molecular flexibility index (Phi) is 7.93. The molecule has 2 aliphatic heterocycles. The first-order valence-electron chi connectivity index (χ1n) is 9.19. The van der Waals surface area contributed by atoms with Gasteiger partial charge >= 0.3 is 10.4 Å². The zero-order valence-electron chi connectivity index (χ0n) is 15.8. The SMILES string of the molecule is CN(CC1CCNCC1)c1cccc(C2CCC(=O)NC2=O)c1.O=S(=O)(O)O. The standard InChI is InChI=1S/C18H25N3O2.H2O4S/c1-21(12-13-7-9-19-10-8-13)15-4-2-3-14(11-15)16-5-6-17(22)20-18(16)23;1-5(2,3)4/h2-4,11,13,16,19H,5-10,12H2,1H3,(H,20,22,23);(H2,1,2,3,4). The number of hydrogen-bond donors (Lipinski definition) is 4. The normalized spacial score (nSPS) is 20.8. The minimum absolute atomic E-state index is 0.162. The Labute approximate surface area is 165 Å². The third-order valence-corrected chi connectivity index (χ3v) is 4.94. The van der Waals surface area contributed by atoms with E-state index in [4.69, 9.17) is 17.5 Å². The molecule has 1 aromatic rings. The number of nitrogens with one attached hydrogen (secondary N) is 2. The lowest BCUT2D eigenvalue weighted by Crippen LogP contribution is -2.39. The van der Waals surface area contributed by atoms with Gasteiger partial charge in [0.1, 0.15) is 0 Å². The Morgan fingerprint density at radius 1 is 1.14 bits per heavy atom. The average molecular weight is 413 g/mol. The molecule has 0 aromatic heterocycles. The van der Waals surface area contributed by atoms with E-state index in [9.17, 15) is 9.59 Å². The molecular formula is C18H27N3O6S. The summed E-state index contributed by atoms with van der Waals surface area (Å²) in [5.41, 5.74) is 2.15. The molecule has 156 valence electrons. The van der Waals surface area contributed by atoms with E-state index in [1.807, 2.05) is 12.1 Å². The van der Waals surface area contributed by atoms with Crippen molar-refractivity contribution in [2.24, 2.45) is 5.92 Å². The van der Waals surface area contributed by atoms with Crippen LogP contribution in [-0.2, 0) is 20.0 Å². The molecular weight excluding hydrogens is 386 g/mol. The molecule has 0 radical (unpaired) electrons. The number of nitrogens with zero attached hydrogens (tertiary/aromatic N) is 1. The molecule has 28 heavy (non-hydrogen) atoms. The molecule has 2 heterocycles. The van der Waals surface area contributed by atoms with Gasteiger partial charge in [-0.3, -0.25) is 24.0 Å².